The number of hydrogen-bond acceptors (Lipinski definition) is 7. The van der Waals surface area contributed by atoms with Gasteiger partial charge in [-0.15, -0.1) is 22.7 Å². The fourth-order valence-electron chi connectivity index (χ4n) is 1.98. The average Bonchev–Trinajstić information content (AvgIpc) is 3.31. The topological polar surface area (TPSA) is 77.5 Å². The molecule has 2 aromatic heterocycles. The number of thiazole rings is 1. The van der Waals surface area contributed by atoms with Crippen molar-refractivity contribution in [3.05, 3.63) is 52.9 Å². The standard InChI is InChI=1S/C17H14N2O4S2/c1-22-12-5-2-4-11(8-12)18-15(20)9-23-17(21)13-10-25-16(19-13)14-6-3-7-24-14/h2-8,10H,9H2,1H3,(H,18,20). The maximum atomic E-state index is 12.0. The van der Waals surface area contributed by atoms with E-state index in [2.05, 4.69) is 10.3 Å². The Balaban J connectivity index is 1.54. The lowest BCUT2D eigenvalue weighted by Gasteiger charge is -2.07. The predicted octanol–water partition coefficient (Wildman–Crippen LogP) is 3.68. The highest BCUT2D eigenvalue weighted by Gasteiger charge is 2.15. The first-order valence-corrected chi connectivity index (χ1v) is 9.02. The number of esters is 1. The number of carbonyl (C=O) groups is 2. The number of anilines is 1. The molecule has 3 rings (SSSR count). The fraction of sp³-hybridized carbons (Fsp3) is 0.118. The van der Waals surface area contributed by atoms with Gasteiger partial charge in [0.15, 0.2) is 12.3 Å². The second-order valence-electron chi connectivity index (χ2n) is 4.87. The summed E-state index contributed by atoms with van der Waals surface area (Å²) in [6.45, 7) is -0.387. The molecule has 0 unspecified atom stereocenters. The van der Waals surface area contributed by atoms with Gasteiger partial charge in [0.05, 0.1) is 12.0 Å². The number of hydrogen-bond donors (Lipinski definition) is 1. The molecule has 0 saturated carbocycles. The summed E-state index contributed by atoms with van der Waals surface area (Å²) in [4.78, 5) is 29.1. The molecular weight excluding hydrogens is 360 g/mol. The number of amides is 1. The molecule has 0 bridgehead atoms. The van der Waals surface area contributed by atoms with Crippen molar-refractivity contribution in [1.82, 2.24) is 4.98 Å². The molecule has 8 heteroatoms. The number of nitrogens with zero attached hydrogens (tertiary/aromatic N) is 1. The van der Waals surface area contributed by atoms with E-state index in [1.54, 1.807) is 48.1 Å². The van der Waals surface area contributed by atoms with Crippen LogP contribution in [0, 0.1) is 0 Å². The van der Waals surface area contributed by atoms with Crippen molar-refractivity contribution in [3.63, 3.8) is 0 Å². The Bertz CT molecular complexity index is 874. The third-order valence-electron chi connectivity index (χ3n) is 3.13. The quantitative estimate of drug-likeness (QED) is 0.666. The lowest BCUT2D eigenvalue weighted by atomic mass is 10.3. The summed E-state index contributed by atoms with van der Waals surface area (Å²) in [7, 11) is 1.54. The minimum atomic E-state index is -0.625. The Morgan fingerprint density at radius 3 is 2.84 bits per heavy atom. The van der Waals surface area contributed by atoms with Gasteiger partial charge in [0.25, 0.3) is 5.91 Å². The summed E-state index contributed by atoms with van der Waals surface area (Å²) < 4.78 is 10.1. The van der Waals surface area contributed by atoms with E-state index < -0.39 is 11.9 Å². The Morgan fingerprint density at radius 1 is 1.20 bits per heavy atom. The number of ether oxygens (including phenoxy) is 2. The zero-order valence-electron chi connectivity index (χ0n) is 13.2. The Kier molecular flexibility index (Phi) is 5.42. The maximum absolute atomic E-state index is 12.0. The van der Waals surface area contributed by atoms with Crippen molar-refractivity contribution in [2.75, 3.05) is 19.0 Å². The van der Waals surface area contributed by atoms with Gasteiger partial charge in [0, 0.05) is 17.1 Å². The number of rotatable bonds is 6. The summed E-state index contributed by atoms with van der Waals surface area (Å²) in [5, 5.41) is 6.96. The molecule has 1 aromatic carbocycles. The summed E-state index contributed by atoms with van der Waals surface area (Å²) in [5.74, 6) is -0.437. The average molecular weight is 374 g/mol. The Labute approximate surface area is 152 Å². The first-order chi connectivity index (χ1) is 12.2. The van der Waals surface area contributed by atoms with Crippen LogP contribution in [-0.4, -0.2) is 30.6 Å². The Hall–Kier alpha value is -2.71. The lowest BCUT2D eigenvalue weighted by Crippen LogP contribution is -2.21. The van der Waals surface area contributed by atoms with Crippen molar-refractivity contribution in [3.8, 4) is 15.6 Å². The molecule has 0 aliphatic heterocycles. The van der Waals surface area contributed by atoms with E-state index in [1.165, 1.54) is 11.3 Å². The number of carbonyl (C=O) groups excluding carboxylic acids is 2. The molecule has 6 nitrogen and oxygen atoms in total. The third-order valence-corrected chi connectivity index (χ3v) is 5.01. The zero-order valence-corrected chi connectivity index (χ0v) is 14.9. The lowest BCUT2D eigenvalue weighted by molar-refractivity contribution is -0.119. The molecule has 1 N–H and O–H groups in total. The smallest absolute Gasteiger partial charge is 0.358 e. The van der Waals surface area contributed by atoms with Crippen molar-refractivity contribution in [2.24, 2.45) is 0 Å². The van der Waals surface area contributed by atoms with Crippen LogP contribution in [0.4, 0.5) is 5.69 Å². The van der Waals surface area contributed by atoms with E-state index >= 15 is 0 Å². The van der Waals surface area contributed by atoms with Gasteiger partial charge in [0.2, 0.25) is 0 Å². The van der Waals surface area contributed by atoms with Crippen LogP contribution in [-0.2, 0) is 9.53 Å². The van der Waals surface area contributed by atoms with Gasteiger partial charge < -0.3 is 14.8 Å². The second kappa shape index (κ2) is 7.91. The van der Waals surface area contributed by atoms with Crippen LogP contribution in [0.3, 0.4) is 0 Å². The SMILES string of the molecule is COc1cccc(NC(=O)COC(=O)c2csc(-c3cccs3)n2)c1. The van der Waals surface area contributed by atoms with E-state index in [0.717, 1.165) is 9.88 Å². The van der Waals surface area contributed by atoms with Gasteiger partial charge in [-0.1, -0.05) is 12.1 Å². The fourth-order valence-corrected chi connectivity index (χ4v) is 3.59. The highest BCUT2D eigenvalue weighted by atomic mass is 32.1. The molecule has 0 saturated heterocycles. The van der Waals surface area contributed by atoms with Crippen LogP contribution in [0.5, 0.6) is 5.75 Å². The maximum Gasteiger partial charge on any atom is 0.358 e. The molecule has 3 aromatic rings. The molecule has 0 aliphatic rings. The number of methoxy groups -OCH3 is 1. The third kappa shape index (κ3) is 4.43. The monoisotopic (exact) mass is 374 g/mol. The minimum absolute atomic E-state index is 0.197. The van der Waals surface area contributed by atoms with E-state index in [9.17, 15) is 9.59 Å². The molecule has 2 heterocycles. The molecule has 0 radical (unpaired) electrons. The number of thiophene rings is 1. The summed E-state index contributed by atoms with van der Waals surface area (Å²) in [6.07, 6.45) is 0. The van der Waals surface area contributed by atoms with E-state index in [-0.39, 0.29) is 12.3 Å². The van der Waals surface area contributed by atoms with E-state index in [1.807, 2.05) is 17.5 Å². The van der Waals surface area contributed by atoms with Gasteiger partial charge in [-0.05, 0) is 23.6 Å². The van der Waals surface area contributed by atoms with Crippen LogP contribution in [0.2, 0.25) is 0 Å². The molecule has 0 aliphatic carbocycles. The first kappa shape index (κ1) is 17.1. The van der Waals surface area contributed by atoms with Crippen LogP contribution < -0.4 is 10.1 Å². The van der Waals surface area contributed by atoms with Gasteiger partial charge in [-0.3, -0.25) is 4.79 Å². The van der Waals surface area contributed by atoms with Gasteiger partial charge >= 0.3 is 5.97 Å². The molecule has 0 atom stereocenters. The largest absolute Gasteiger partial charge is 0.497 e. The van der Waals surface area contributed by atoms with Gasteiger partial charge in [0.1, 0.15) is 10.8 Å². The molecule has 25 heavy (non-hydrogen) atoms. The predicted molar refractivity (Wildman–Crippen MR) is 97.3 cm³/mol. The van der Waals surface area contributed by atoms with Crippen molar-refractivity contribution in [1.29, 1.82) is 0 Å². The van der Waals surface area contributed by atoms with Crippen LogP contribution in [0.25, 0.3) is 9.88 Å². The van der Waals surface area contributed by atoms with E-state index in [4.69, 9.17) is 9.47 Å². The molecule has 0 fully saturated rings. The van der Waals surface area contributed by atoms with Crippen LogP contribution in [0.15, 0.2) is 47.2 Å². The summed E-state index contributed by atoms with van der Waals surface area (Å²) >= 11 is 2.91. The van der Waals surface area contributed by atoms with E-state index in [0.29, 0.717) is 11.4 Å². The molecule has 128 valence electrons. The molecule has 0 spiro atoms. The highest BCUT2D eigenvalue weighted by Crippen LogP contribution is 2.27. The molecule has 1 amide bonds. The minimum Gasteiger partial charge on any atom is -0.497 e. The van der Waals surface area contributed by atoms with Crippen molar-refractivity contribution in [2.45, 2.75) is 0 Å². The van der Waals surface area contributed by atoms with Crippen LogP contribution >= 0.6 is 22.7 Å². The van der Waals surface area contributed by atoms with Crippen molar-refractivity contribution >= 4 is 40.2 Å². The first-order valence-electron chi connectivity index (χ1n) is 7.26. The van der Waals surface area contributed by atoms with Crippen LogP contribution in [0.1, 0.15) is 10.5 Å². The Morgan fingerprint density at radius 2 is 2.08 bits per heavy atom. The summed E-state index contributed by atoms with van der Waals surface area (Å²) in [5.41, 5.74) is 0.761. The molecular formula is C17H14N2O4S2. The number of nitrogens with one attached hydrogen (secondary N) is 1. The van der Waals surface area contributed by atoms with Gasteiger partial charge in [-0.25, -0.2) is 9.78 Å². The van der Waals surface area contributed by atoms with Gasteiger partial charge in [-0.2, -0.15) is 0 Å². The van der Waals surface area contributed by atoms with Crippen molar-refractivity contribution < 1.29 is 19.1 Å². The number of benzene rings is 1. The normalized spacial score (nSPS) is 10.3. The second-order valence-corrected chi connectivity index (χ2v) is 6.68. The summed E-state index contributed by atoms with van der Waals surface area (Å²) in [6, 6.07) is 10.8. The highest BCUT2D eigenvalue weighted by molar-refractivity contribution is 7.20. The number of aromatic nitrogens is 1. The zero-order chi connectivity index (χ0) is 17.6.